The molecule has 6 nitrogen and oxygen atoms in total. The summed E-state index contributed by atoms with van der Waals surface area (Å²) in [6.07, 6.45) is 1.71. The van der Waals surface area contributed by atoms with Crippen LogP contribution >= 0.6 is 0 Å². The van der Waals surface area contributed by atoms with Crippen molar-refractivity contribution in [2.45, 2.75) is 0 Å². The monoisotopic (exact) mass is 254 g/mol. The fraction of sp³-hybridized carbons (Fsp3) is 0.154. The molecule has 19 heavy (non-hydrogen) atoms. The second-order valence-corrected chi connectivity index (χ2v) is 4.50. The highest BCUT2D eigenvalue weighted by molar-refractivity contribution is 5.90. The fourth-order valence-electron chi connectivity index (χ4n) is 1.99. The van der Waals surface area contributed by atoms with E-state index in [2.05, 4.69) is 20.2 Å². The molecule has 0 bridgehead atoms. The summed E-state index contributed by atoms with van der Waals surface area (Å²) in [5, 5.41) is 7.66. The third-order valence-corrected chi connectivity index (χ3v) is 2.98. The molecule has 0 spiro atoms. The molecular weight excluding hydrogens is 240 g/mol. The van der Waals surface area contributed by atoms with Crippen LogP contribution in [0.4, 0.5) is 11.6 Å². The smallest absolute Gasteiger partial charge is 0.222 e. The Balaban J connectivity index is 2.15. The summed E-state index contributed by atoms with van der Waals surface area (Å²) >= 11 is 0. The van der Waals surface area contributed by atoms with Crippen molar-refractivity contribution in [1.29, 1.82) is 0 Å². The normalized spacial score (nSPS) is 10.8. The summed E-state index contributed by atoms with van der Waals surface area (Å²) in [4.78, 5) is 10.5. The number of aromatic amines is 1. The second kappa shape index (κ2) is 4.24. The van der Waals surface area contributed by atoms with E-state index in [0.29, 0.717) is 5.65 Å². The molecule has 96 valence electrons. The maximum absolute atomic E-state index is 5.72. The lowest BCUT2D eigenvalue weighted by molar-refractivity contribution is 1.09. The summed E-state index contributed by atoms with van der Waals surface area (Å²) in [6.45, 7) is 0. The largest absolute Gasteiger partial charge is 0.378 e. The molecule has 0 saturated heterocycles. The Kier molecular flexibility index (Phi) is 2.56. The van der Waals surface area contributed by atoms with Crippen LogP contribution in [0, 0.1) is 0 Å². The molecule has 0 aliphatic rings. The molecule has 0 saturated carbocycles. The van der Waals surface area contributed by atoms with Crippen molar-refractivity contribution >= 4 is 22.7 Å². The van der Waals surface area contributed by atoms with E-state index < -0.39 is 0 Å². The van der Waals surface area contributed by atoms with Gasteiger partial charge < -0.3 is 10.6 Å². The molecule has 3 N–H and O–H groups in total. The number of aromatic nitrogens is 4. The Labute approximate surface area is 110 Å². The zero-order valence-corrected chi connectivity index (χ0v) is 10.8. The highest BCUT2D eigenvalue weighted by atomic mass is 15.2. The number of hydrogen-bond donors (Lipinski definition) is 2. The number of rotatable bonds is 2. The number of H-pyrrole nitrogens is 1. The molecule has 0 unspecified atom stereocenters. The van der Waals surface area contributed by atoms with Gasteiger partial charge in [0.25, 0.3) is 0 Å². The minimum absolute atomic E-state index is 0.239. The van der Waals surface area contributed by atoms with E-state index >= 15 is 0 Å². The lowest BCUT2D eigenvalue weighted by Gasteiger charge is -2.12. The molecule has 2 aromatic heterocycles. The molecule has 0 amide bonds. The van der Waals surface area contributed by atoms with Gasteiger partial charge in [0.05, 0.1) is 17.3 Å². The van der Waals surface area contributed by atoms with Crippen molar-refractivity contribution in [3.05, 3.63) is 30.5 Å². The first-order valence-corrected chi connectivity index (χ1v) is 5.89. The van der Waals surface area contributed by atoms with Crippen LogP contribution < -0.4 is 10.6 Å². The Bertz CT molecular complexity index is 714. The van der Waals surface area contributed by atoms with Crippen LogP contribution in [0.2, 0.25) is 0 Å². The molecule has 0 fully saturated rings. The van der Waals surface area contributed by atoms with Gasteiger partial charge in [0.15, 0.2) is 5.65 Å². The van der Waals surface area contributed by atoms with E-state index in [1.165, 1.54) is 0 Å². The maximum Gasteiger partial charge on any atom is 0.222 e. The number of nitrogens with two attached hydrogens (primary N) is 1. The van der Waals surface area contributed by atoms with Gasteiger partial charge in [-0.1, -0.05) is 12.1 Å². The third kappa shape index (κ3) is 1.97. The van der Waals surface area contributed by atoms with Gasteiger partial charge in [-0.2, -0.15) is 10.1 Å². The van der Waals surface area contributed by atoms with Crippen molar-refractivity contribution in [1.82, 2.24) is 20.2 Å². The maximum atomic E-state index is 5.72. The van der Waals surface area contributed by atoms with Crippen molar-refractivity contribution in [3.8, 4) is 11.3 Å². The molecule has 0 atom stereocenters. The van der Waals surface area contributed by atoms with E-state index in [0.717, 1.165) is 22.3 Å². The van der Waals surface area contributed by atoms with Gasteiger partial charge in [0, 0.05) is 25.3 Å². The molecule has 0 aliphatic heterocycles. The average molecular weight is 254 g/mol. The predicted molar refractivity (Wildman–Crippen MR) is 75.9 cm³/mol. The molecular formula is C13H14N6. The minimum atomic E-state index is 0.239. The van der Waals surface area contributed by atoms with Gasteiger partial charge in [-0.15, -0.1) is 0 Å². The lowest BCUT2D eigenvalue weighted by atomic mass is 10.1. The second-order valence-electron chi connectivity index (χ2n) is 4.50. The SMILES string of the molecule is CN(C)c1ccc(-c2nc(N)nc3[nH]ncc23)cc1. The zero-order valence-electron chi connectivity index (χ0n) is 10.8. The predicted octanol–water partition coefficient (Wildman–Crippen LogP) is 1.67. The van der Waals surface area contributed by atoms with Gasteiger partial charge in [0.2, 0.25) is 5.95 Å². The van der Waals surface area contributed by atoms with Crippen LogP contribution in [-0.2, 0) is 0 Å². The Morgan fingerprint density at radius 2 is 1.84 bits per heavy atom. The zero-order chi connectivity index (χ0) is 13.4. The molecule has 0 radical (unpaired) electrons. The molecule has 6 heteroatoms. The third-order valence-electron chi connectivity index (χ3n) is 2.98. The number of fused-ring (bicyclic) bond motifs is 1. The van der Waals surface area contributed by atoms with Crippen LogP contribution in [0.15, 0.2) is 30.5 Å². The van der Waals surface area contributed by atoms with E-state index in [1.54, 1.807) is 6.20 Å². The molecule has 3 rings (SSSR count). The highest BCUT2D eigenvalue weighted by Crippen LogP contribution is 2.26. The van der Waals surface area contributed by atoms with Crippen molar-refractivity contribution in [3.63, 3.8) is 0 Å². The minimum Gasteiger partial charge on any atom is -0.378 e. The number of benzene rings is 1. The molecule has 3 aromatic rings. The summed E-state index contributed by atoms with van der Waals surface area (Å²) in [7, 11) is 4.01. The highest BCUT2D eigenvalue weighted by Gasteiger charge is 2.10. The number of nitrogens with zero attached hydrogens (tertiary/aromatic N) is 4. The summed E-state index contributed by atoms with van der Waals surface area (Å²) in [6, 6.07) is 8.12. The van der Waals surface area contributed by atoms with E-state index in [1.807, 2.05) is 43.3 Å². The molecule has 0 aliphatic carbocycles. The standard InChI is InChI=1S/C13H14N6/c1-19(2)9-5-3-8(4-6-9)11-10-7-15-18-12(10)17-13(14)16-11/h3-7H,1-2H3,(H3,14,15,16,17,18). The van der Waals surface area contributed by atoms with Gasteiger partial charge in [-0.25, -0.2) is 4.98 Å². The summed E-state index contributed by atoms with van der Waals surface area (Å²) < 4.78 is 0. The Morgan fingerprint density at radius 3 is 2.53 bits per heavy atom. The van der Waals surface area contributed by atoms with Gasteiger partial charge in [0.1, 0.15) is 0 Å². The molecule has 1 aromatic carbocycles. The van der Waals surface area contributed by atoms with Gasteiger partial charge in [-0.3, -0.25) is 5.10 Å². The van der Waals surface area contributed by atoms with Gasteiger partial charge >= 0.3 is 0 Å². The van der Waals surface area contributed by atoms with Crippen LogP contribution in [0.25, 0.3) is 22.3 Å². The van der Waals surface area contributed by atoms with E-state index in [9.17, 15) is 0 Å². The fourth-order valence-corrected chi connectivity index (χ4v) is 1.99. The molecule has 2 heterocycles. The van der Waals surface area contributed by atoms with E-state index in [4.69, 9.17) is 5.73 Å². The summed E-state index contributed by atoms with van der Waals surface area (Å²) in [5.74, 6) is 0.239. The van der Waals surface area contributed by atoms with Crippen LogP contribution in [0.3, 0.4) is 0 Å². The first kappa shape index (κ1) is 11.5. The first-order valence-electron chi connectivity index (χ1n) is 5.89. The van der Waals surface area contributed by atoms with Crippen LogP contribution in [0.1, 0.15) is 0 Å². The van der Waals surface area contributed by atoms with Crippen LogP contribution in [-0.4, -0.2) is 34.3 Å². The quantitative estimate of drug-likeness (QED) is 0.726. The van der Waals surface area contributed by atoms with Crippen molar-refractivity contribution in [2.24, 2.45) is 0 Å². The number of anilines is 2. The Morgan fingerprint density at radius 1 is 1.11 bits per heavy atom. The average Bonchev–Trinajstić information content (AvgIpc) is 2.85. The first-order chi connectivity index (χ1) is 9.15. The van der Waals surface area contributed by atoms with Crippen LogP contribution in [0.5, 0.6) is 0 Å². The lowest BCUT2D eigenvalue weighted by Crippen LogP contribution is -2.08. The van der Waals surface area contributed by atoms with Gasteiger partial charge in [-0.05, 0) is 12.1 Å². The summed E-state index contributed by atoms with van der Waals surface area (Å²) in [5.41, 5.74) is 9.29. The number of nitrogen functional groups attached to an aromatic ring is 1. The van der Waals surface area contributed by atoms with Crippen molar-refractivity contribution < 1.29 is 0 Å². The number of hydrogen-bond acceptors (Lipinski definition) is 5. The van der Waals surface area contributed by atoms with Crippen molar-refractivity contribution in [2.75, 3.05) is 24.7 Å². The topological polar surface area (TPSA) is 83.7 Å². The van der Waals surface area contributed by atoms with E-state index in [-0.39, 0.29) is 5.95 Å². The number of nitrogens with one attached hydrogen (secondary N) is 1. The Hall–Kier alpha value is -2.63.